The summed E-state index contributed by atoms with van der Waals surface area (Å²) < 4.78 is 13.7. The summed E-state index contributed by atoms with van der Waals surface area (Å²) in [6.07, 6.45) is 0.225. The first-order valence-electron chi connectivity index (χ1n) is 6.87. The van der Waals surface area contributed by atoms with Gasteiger partial charge in [-0.2, -0.15) is 0 Å². The fraction of sp³-hybridized carbons (Fsp3) is 0.429. The van der Waals surface area contributed by atoms with Crippen molar-refractivity contribution in [2.45, 2.75) is 6.42 Å². The third-order valence-electron chi connectivity index (χ3n) is 3.48. The zero-order chi connectivity index (χ0) is 15.2. The molecule has 1 fully saturated rings. The molecule has 0 atom stereocenters. The summed E-state index contributed by atoms with van der Waals surface area (Å²) in [7, 11) is 0. The van der Waals surface area contributed by atoms with Gasteiger partial charge in [-0.15, -0.1) is 0 Å². The zero-order valence-electron chi connectivity index (χ0n) is 11.7. The third kappa shape index (κ3) is 4.42. The standard InChI is InChI=1S/C14H19FN4O2/c15-11-3-1-2-4-12(11)19-9-7-18(8-10-19)6-5-13(20)17-14(16)21/h1-4H,5-10H2,(H3,16,17,20,21). The van der Waals surface area contributed by atoms with Gasteiger partial charge in [0, 0.05) is 39.1 Å². The van der Waals surface area contributed by atoms with Crippen LogP contribution in [0.1, 0.15) is 6.42 Å². The van der Waals surface area contributed by atoms with E-state index in [0.717, 1.165) is 13.1 Å². The highest BCUT2D eigenvalue weighted by Crippen LogP contribution is 2.20. The number of amides is 3. The Balaban J connectivity index is 1.77. The average Bonchev–Trinajstić information content (AvgIpc) is 2.46. The van der Waals surface area contributed by atoms with Gasteiger partial charge in [-0.25, -0.2) is 9.18 Å². The number of nitrogens with two attached hydrogens (primary N) is 1. The summed E-state index contributed by atoms with van der Waals surface area (Å²) in [6.45, 7) is 3.47. The molecule has 0 aliphatic carbocycles. The first-order valence-corrected chi connectivity index (χ1v) is 6.87. The fourth-order valence-electron chi connectivity index (χ4n) is 2.38. The third-order valence-corrected chi connectivity index (χ3v) is 3.48. The van der Waals surface area contributed by atoms with E-state index in [9.17, 15) is 14.0 Å². The maximum absolute atomic E-state index is 13.7. The molecule has 3 amide bonds. The summed E-state index contributed by atoms with van der Waals surface area (Å²) >= 11 is 0. The number of nitrogens with zero attached hydrogens (tertiary/aromatic N) is 2. The lowest BCUT2D eigenvalue weighted by Crippen LogP contribution is -2.47. The second-order valence-electron chi connectivity index (χ2n) is 4.94. The molecule has 0 spiro atoms. The van der Waals surface area contributed by atoms with Crippen LogP contribution in [-0.2, 0) is 4.79 Å². The molecule has 3 N–H and O–H groups in total. The van der Waals surface area contributed by atoms with Crippen LogP contribution in [0.3, 0.4) is 0 Å². The number of primary amides is 1. The van der Waals surface area contributed by atoms with E-state index < -0.39 is 6.03 Å². The molecule has 0 unspecified atom stereocenters. The summed E-state index contributed by atoms with van der Waals surface area (Å²) in [5.41, 5.74) is 5.49. The van der Waals surface area contributed by atoms with E-state index in [1.54, 1.807) is 12.1 Å². The summed E-state index contributed by atoms with van der Waals surface area (Å²) in [5.74, 6) is -0.592. The fourth-order valence-corrected chi connectivity index (χ4v) is 2.38. The molecule has 114 valence electrons. The van der Waals surface area contributed by atoms with Gasteiger partial charge in [0.15, 0.2) is 0 Å². The molecule has 0 radical (unpaired) electrons. The number of nitrogens with one attached hydrogen (secondary N) is 1. The Morgan fingerprint density at radius 2 is 1.86 bits per heavy atom. The number of halogens is 1. The molecule has 2 rings (SSSR count). The van der Waals surface area contributed by atoms with E-state index >= 15 is 0 Å². The number of piperazine rings is 1. The van der Waals surface area contributed by atoms with Crippen molar-refractivity contribution in [2.75, 3.05) is 37.6 Å². The normalized spacial score (nSPS) is 15.8. The SMILES string of the molecule is NC(=O)NC(=O)CCN1CCN(c2ccccc2F)CC1. The Labute approximate surface area is 122 Å². The summed E-state index contributed by atoms with van der Waals surface area (Å²) in [6, 6.07) is 5.89. The lowest BCUT2D eigenvalue weighted by Gasteiger charge is -2.36. The van der Waals surface area contributed by atoms with Crippen LogP contribution < -0.4 is 16.0 Å². The van der Waals surface area contributed by atoms with E-state index in [1.807, 2.05) is 16.3 Å². The molecule has 0 aromatic heterocycles. The van der Waals surface area contributed by atoms with Crippen LogP contribution in [-0.4, -0.2) is 49.6 Å². The lowest BCUT2D eigenvalue weighted by atomic mass is 10.2. The van der Waals surface area contributed by atoms with Gasteiger partial charge in [-0.3, -0.25) is 15.0 Å². The Morgan fingerprint density at radius 3 is 2.48 bits per heavy atom. The molecule has 0 bridgehead atoms. The van der Waals surface area contributed by atoms with Gasteiger partial charge >= 0.3 is 6.03 Å². The van der Waals surface area contributed by atoms with Gasteiger partial charge in [0.1, 0.15) is 5.82 Å². The average molecular weight is 294 g/mol. The number of rotatable bonds is 4. The quantitative estimate of drug-likeness (QED) is 0.849. The smallest absolute Gasteiger partial charge is 0.318 e. The second-order valence-corrected chi connectivity index (χ2v) is 4.94. The van der Waals surface area contributed by atoms with Gasteiger partial charge in [0.25, 0.3) is 0 Å². The predicted molar refractivity (Wildman–Crippen MR) is 77.4 cm³/mol. The molecule has 1 saturated heterocycles. The van der Waals surface area contributed by atoms with Gasteiger partial charge in [0.2, 0.25) is 5.91 Å². The maximum Gasteiger partial charge on any atom is 0.318 e. The monoisotopic (exact) mass is 294 g/mol. The minimum absolute atomic E-state index is 0.216. The molecule has 1 heterocycles. The van der Waals surface area contributed by atoms with Crippen LogP contribution in [0.4, 0.5) is 14.9 Å². The summed E-state index contributed by atoms with van der Waals surface area (Å²) in [4.78, 5) is 26.0. The minimum Gasteiger partial charge on any atom is -0.367 e. The van der Waals surface area contributed by atoms with Crippen molar-refractivity contribution in [1.82, 2.24) is 10.2 Å². The Morgan fingerprint density at radius 1 is 1.19 bits per heavy atom. The zero-order valence-corrected chi connectivity index (χ0v) is 11.7. The number of carbonyl (C=O) groups excluding carboxylic acids is 2. The van der Waals surface area contributed by atoms with Crippen molar-refractivity contribution in [3.63, 3.8) is 0 Å². The molecule has 1 aromatic carbocycles. The topological polar surface area (TPSA) is 78.7 Å². The highest BCUT2D eigenvalue weighted by molar-refractivity contribution is 5.93. The Kier molecular flexibility index (Phi) is 5.10. The molecule has 7 heteroatoms. The van der Waals surface area contributed by atoms with Crippen molar-refractivity contribution < 1.29 is 14.0 Å². The van der Waals surface area contributed by atoms with Crippen LogP contribution in [0.2, 0.25) is 0 Å². The predicted octanol–water partition coefficient (Wildman–Crippen LogP) is 0.533. The van der Waals surface area contributed by atoms with Crippen molar-refractivity contribution in [3.8, 4) is 0 Å². The number of carbonyl (C=O) groups is 2. The molecule has 0 saturated carbocycles. The number of imide groups is 1. The number of para-hydroxylation sites is 1. The van der Waals surface area contributed by atoms with E-state index in [-0.39, 0.29) is 18.1 Å². The van der Waals surface area contributed by atoms with Crippen LogP contribution in [0, 0.1) is 5.82 Å². The number of anilines is 1. The van der Waals surface area contributed by atoms with Crippen LogP contribution in [0.5, 0.6) is 0 Å². The van der Waals surface area contributed by atoms with Gasteiger partial charge in [-0.05, 0) is 12.1 Å². The van der Waals surface area contributed by atoms with Crippen LogP contribution in [0.25, 0.3) is 0 Å². The molecular weight excluding hydrogens is 275 g/mol. The molecular formula is C14H19FN4O2. The largest absolute Gasteiger partial charge is 0.367 e. The maximum atomic E-state index is 13.7. The highest BCUT2D eigenvalue weighted by Gasteiger charge is 2.19. The molecule has 6 nitrogen and oxygen atoms in total. The van der Waals surface area contributed by atoms with Crippen LogP contribution >= 0.6 is 0 Å². The number of hydrogen-bond acceptors (Lipinski definition) is 4. The number of hydrogen-bond donors (Lipinski definition) is 2. The van der Waals surface area contributed by atoms with Crippen molar-refractivity contribution >= 4 is 17.6 Å². The van der Waals surface area contributed by atoms with E-state index in [2.05, 4.69) is 4.90 Å². The van der Waals surface area contributed by atoms with Crippen molar-refractivity contribution in [2.24, 2.45) is 5.73 Å². The highest BCUT2D eigenvalue weighted by atomic mass is 19.1. The molecule has 1 aromatic rings. The first kappa shape index (κ1) is 15.2. The van der Waals surface area contributed by atoms with Gasteiger partial charge in [-0.1, -0.05) is 12.1 Å². The molecule has 1 aliphatic heterocycles. The number of urea groups is 1. The van der Waals surface area contributed by atoms with Gasteiger partial charge < -0.3 is 10.6 Å². The second kappa shape index (κ2) is 7.03. The Bertz CT molecular complexity index is 515. The lowest BCUT2D eigenvalue weighted by molar-refractivity contribution is -0.120. The van der Waals surface area contributed by atoms with Crippen LogP contribution in [0.15, 0.2) is 24.3 Å². The van der Waals surface area contributed by atoms with E-state index in [4.69, 9.17) is 5.73 Å². The number of benzene rings is 1. The van der Waals surface area contributed by atoms with E-state index in [1.165, 1.54) is 6.07 Å². The van der Waals surface area contributed by atoms with Crippen molar-refractivity contribution in [1.29, 1.82) is 0 Å². The van der Waals surface area contributed by atoms with Crippen molar-refractivity contribution in [3.05, 3.63) is 30.1 Å². The van der Waals surface area contributed by atoms with Gasteiger partial charge in [0.05, 0.1) is 5.69 Å². The van der Waals surface area contributed by atoms with E-state index in [0.29, 0.717) is 25.3 Å². The minimum atomic E-state index is -0.829. The first-order chi connectivity index (χ1) is 10.1. The molecule has 1 aliphatic rings. The Hall–Kier alpha value is -2.15. The summed E-state index contributed by atoms with van der Waals surface area (Å²) in [5, 5.41) is 2.04. The molecule has 21 heavy (non-hydrogen) atoms.